The smallest absolute Gasteiger partial charge is 0.315 e. The topological polar surface area (TPSA) is 62.2 Å². The predicted octanol–water partition coefficient (Wildman–Crippen LogP) is 3.11. The molecule has 4 nitrogen and oxygen atoms in total. The molecule has 1 aliphatic carbocycles. The summed E-state index contributed by atoms with van der Waals surface area (Å²) in [5, 5.41) is 15.2. The fourth-order valence-corrected chi connectivity index (χ4v) is 2.96. The highest BCUT2D eigenvalue weighted by molar-refractivity contribution is 7.13. The number of rotatable bonds is 5. The Morgan fingerprint density at radius 3 is 2.78 bits per heavy atom. The van der Waals surface area contributed by atoms with Crippen molar-refractivity contribution in [1.82, 2.24) is 4.98 Å². The molecule has 5 heteroatoms. The van der Waals surface area contributed by atoms with Gasteiger partial charge in [0, 0.05) is 11.4 Å². The molecule has 1 atom stereocenters. The first-order chi connectivity index (χ1) is 8.41. The highest BCUT2D eigenvalue weighted by Crippen LogP contribution is 2.33. The molecule has 0 bridgehead atoms. The zero-order valence-corrected chi connectivity index (χ0v) is 11.9. The maximum Gasteiger partial charge on any atom is 0.315 e. The van der Waals surface area contributed by atoms with E-state index in [1.54, 1.807) is 13.8 Å². The molecule has 0 amide bonds. The van der Waals surface area contributed by atoms with Gasteiger partial charge >= 0.3 is 5.97 Å². The lowest BCUT2D eigenvalue weighted by Gasteiger charge is -2.31. The van der Waals surface area contributed by atoms with E-state index in [4.69, 9.17) is 5.11 Å². The Morgan fingerprint density at radius 2 is 2.28 bits per heavy atom. The average Bonchev–Trinajstić information content (AvgIpc) is 2.63. The van der Waals surface area contributed by atoms with Crippen LogP contribution in [-0.4, -0.2) is 22.1 Å². The van der Waals surface area contributed by atoms with Crippen molar-refractivity contribution in [3.05, 3.63) is 11.1 Å². The number of nitrogens with one attached hydrogen (secondary N) is 1. The minimum absolute atomic E-state index is 0.422. The number of carboxylic acids is 1. The Kier molecular flexibility index (Phi) is 3.61. The lowest BCUT2D eigenvalue weighted by molar-refractivity contribution is -0.142. The van der Waals surface area contributed by atoms with Crippen molar-refractivity contribution < 1.29 is 9.90 Å². The molecule has 1 aromatic heterocycles. The molecule has 2 rings (SSSR count). The lowest BCUT2D eigenvalue weighted by atomic mass is 9.80. The minimum atomic E-state index is -0.920. The Hall–Kier alpha value is -1.10. The third-order valence-corrected chi connectivity index (χ3v) is 4.66. The van der Waals surface area contributed by atoms with Gasteiger partial charge in [0.25, 0.3) is 0 Å². The van der Waals surface area contributed by atoms with Crippen LogP contribution in [0.4, 0.5) is 5.13 Å². The summed E-state index contributed by atoms with van der Waals surface area (Å²) in [5.41, 5.74) is -0.292. The number of carbonyl (C=O) groups is 1. The summed E-state index contributed by atoms with van der Waals surface area (Å²) in [6, 6.07) is 0.422. The third-order valence-electron chi connectivity index (χ3n) is 3.89. The summed E-state index contributed by atoms with van der Waals surface area (Å²) >= 11 is 1.49. The number of aromatic nitrogens is 1. The summed E-state index contributed by atoms with van der Waals surface area (Å²) in [4.78, 5) is 15.6. The largest absolute Gasteiger partial charge is 0.481 e. The number of hydrogen-bond acceptors (Lipinski definition) is 4. The van der Waals surface area contributed by atoms with E-state index in [-0.39, 0.29) is 0 Å². The molecule has 0 saturated heterocycles. The van der Waals surface area contributed by atoms with E-state index < -0.39 is 11.4 Å². The van der Waals surface area contributed by atoms with E-state index in [1.165, 1.54) is 30.6 Å². The van der Waals surface area contributed by atoms with Crippen LogP contribution in [0.1, 0.15) is 45.7 Å². The van der Waals surface area contributed by atoms with Gasteiger partial charge in [0.05, 0.1) is 5.69 Å². The molecule has 2 N–H and O–H groups in total. The molecule has 1 saturated carbocycles. The SMILES string of the molecule is CC(Nc1nc(C(C)(C)C(=O)O)cs1)C1CCC1. The monoisotopic (exact) mass is 268 g/mol. The number of nitrogens with zero attached hydrogens (tertiary/aromatic N) is 1. The average molecular weight is 268 g/mol. The molecule has 1 aliphatic rings. The van der Waals surface area contributed by atoms with Gasteiger partial charge in [0.15, 0.2) is 5.13 Å². The standard InChI is InChI=1S/C13H20N2O2S/c1-8(9-5-4-6-9)14-12-15-10(7-18-12)13(2,3)11(16)17/h7-9H,4-6H2,1-3H3,(H,14,15)(H,16,17). The van der Waals surface area contributed by atoms with E-state index in [2.05, 4.69) is 17.2 Å². The molecule has 1 aromatic rings. The van der Waals surface area contributed by atoms with Crippen molar-refractivity contribution >= 4 is 22.4 Å². The molecule has 1 fully saturated rings. The Bertz CT molecular complexity index is 438. The molecule has 1 unspecified atom stereocenters. The van der Waals surface area contributed by atoms with Crippen LogP contribution in [0.5, 0.6) is 0 Å². The first kappa shape index (κ1) is 13.3. The lowest BCUT2D eigenvalue weighted by Crippen LogP contribution is -2.31. The first-order valence-electron chi connectivity index (χ1n) is 6.37. The summed E-state index contributed by atoms with van der Waals surface area (Å²) in [6.07, 6.45) is 3.89. The quantitative estimate of drug-likeness (QED) is 0.861. The van der Waals surface area contributed by atoms with Crippen LogP contribution < -0.4 is 5.32 Å². The van der Waals surface area contributed by atoms with Gasteiger partial charge in [0.1, 0.15) is 5.41 Å². The van der Waals surface area contributed by atoms with Gasteiger partial charge in [-0.3, -0.25) is 4.79 Å². The van der Waals surface area contributed by atoms with Crippen molar-refractivity contribution in [3.63, 3.8) is 0 Å². The van der Waals surface area contributed by atoms with E-state index >= 15 is 0 Å². The molecular formula is C13H20N2O2S. The van der Waals surface area contributed by atoms with Gasteiger partial charge in [-0.2, -0.15) is 0 Å². The van der Waals surface area contributed by atoms with Gasteiger partial charge in [-0.1, -0.05) is 6.42 Å². The van der Waals surface area contributed by atoms with Gasteiger partial charge in [-0.05, 0) is 39.5 Å². The summed E-state index contributed by atoms with van der Waals surface area (Å²) < 4.78 is 0. The van der Waals surface area contributed by atoms with Gasteiger partial charge in [-0.15, -0.1) is 11.3 Å². The maximum absolute atomic E-state index is 11.2. The minimum Gasteiger partial charge on any atom is -0.481 e. The molecule has 0 aromatic carbocycles. The van der Waals surface area contributed by atoms with E-state index in [1.807, 2.05) is 5.38 Å². The molecule has 0 spiro atoms. The molecular weight excluding hydrogens is 248 g/mol. The predicted molar refractivity (Wildman–Crippen MR) is 73.2 cm³/mol. The van der Waals surface area contributed by atoms with Crippen LogP contribution in [0.15, 0.2) is 5.38 Å². The second kappa shape index (κ2) is 4.88. The molecule has 18 heavy (non-hydrogen) atoms. The number of anilines is 1. The van der Waals surface area contributed by atoms with Crippen LogP contribution >= 0.6 is 11.3 Å². The normalized spacial score (nSPS) is 18.2. The van der Waals surface area contributed by atoms with Crippen LogP contribution in [0.25, 0.3) is 0 Å². The summed E-state index contributed by atoms with van der Waals surface area (Å²) in [6.45, 7) is 5.54. The number of carboxylic acid groups (broad SMARTS) is 1. The van der Waals surface area contributed by atoms with Gasteiger partial charge in [-0.25, -0.2) is 4.98 Å². The zero-order valence-electron chi connectivity index (χ0n) is 11.1. The van der Waals surface area contributed by atoms with Gasteiger partial charge < -0.3 is 10.4 Å². The van der Waals surface area contributed by atoms with Gasteiger partial charge in [0.2, 0.25) is 0 Å². The molecule has 100 valence electrons. The van der Waals surface area contributed by atoms with E-state index in [9.17, 15) is 4.79 Å². The maximum atomic E-state index is 11.2. The van der Waals surface area contributed by atoms with Crippen molar-refractivity contribution in [2.75, 3.05) is 5.32 Å². The zero-order chi connectivity index (χ0) is 13.3. The summed E-state index contributed by atoms with van der Waals surface area (Å²) in [7, 11) is 0. The molecule has 1 heterocycles. The number of aliphatic carboxylic acids is 1. The van der Waals surface area contributed by atoms with Crippen molar-refractivity contribution in [3.8, 4) is 0 Å². The Morgan fingerprint density at radius 1 is 1.61 bits per heavy atom. The number of hydrogen-bond donors (Lipinski definition) is 2. The first-order valence-corrected chi connectivity index (χ1v) is 7.25. The second-order valence-corrected chi connectivity index (χ2v) is 6.45. The third kappa shape index (κ3) is 2.51. The fraction of sp³-hybridized carbons (Fsp3) is 0.692. The van der Waals surface area contributed by atoms with E-state index in [0.29, 0.717) is 11.7 Å². The number of thiazole rings is 1. The molecule has 0 radical (unpaired) electrons. The highest BCUT2D eigenvalue weighted by Gasteiger charge is 2.32. The molecule has 0 aliphatic heterocycles. The highest BCUT2D eigenvalue weighted by atomic mass is 32.1. The fourth-order valence-electron chi connectivity index (χ4n) is 1.99. The van der Waals surface area contributed by atoms with Crippen molar-refractivity contribution in [1.29, 1.82) is 0 Å². The van der Waals surface area contributed by atoms with E-state index in [0.717, 1.165) is 11.0 Å². The summed E-state index contributed by atoms with van der Waals surface area (Å²) in [5.74, 6) is -0.101. The van der Waals surface area contributed by atoms with Crippen LogP contribution in [0.3, 0.4) is 0 Å². The Balaban J connectivity index is 2.03. The van der Waals surface area contributed by atoms with Crippen LogP contribution in [-0.2, 0) is 10.2 Å². The second-order valence-electron chi connectivity index (χ2n) is 5.59. The Labute approximate surface area is 111 Å². The van der Waals surface area contributed by atoms with Crippen molar-refractivity contribution in [2.24, 2.45) is 5.92 Å². The van der Waals surface area contributed by atoms with Crippen molar-refractivity contribution in [2.45, 2.75) is 51.5 Å². The van der Waals surface area contributed by atoms with Crippen LogP contribution in [0, 0.1) is 5.92 Å². The van der Waals surface area contributed by atoms with Crippen LogP contribution in [0.2, 0.25) is 0 Å².